The number of nitrogens with one attached hydrogen (secondary N) is 2. The summed E-state index contributed by atoms with van der Waals surface area (Å²) in [6, 6.07) is 6.41. The van der Waals surface area contributed by atoms with Gasteiger partial charge in [0, 0.05) is 7.05 Å². The molecule has 1 aromatic carbocycles. The summed E-state index contributed by atoms with van der Waals surface area (Å²) in [4.78, 5) is 28.4. The van der Waals surface area contributed by atoms with Gasteiger partial charge in [0.1, 0.15) is 24.7 Å². The number of aromatic amines is 1. The Morgan fingerprint density at radius 1 is 1.48 bits per heavy atom. The number of benzene rings is 1. The van der Waals surface area contributed by atoms with Gasteiger partial charge < -0.3 is 19.9 Å². The molecule has 1 atom stereocenters. The lowest BCUT2D eigenvalue weighted by molar-refractivity contribution is -0.120. The summed E-state index contributed by atoms with van der Waals surface area (Å²) in [6.45, 7) is 0.0556. The summed E-state index contributed by atoms with van der Waals surface area (Å²) in [5, 5.41) is 9.72. The van der Waals surface area contributed by atoms with Gasteiger partial charge in [0.2, 0.25) is 5.82 Å². The van der Waals surface area contributed by atoms with E-state index in [1.807, 2.05) is 12.1 Å². The predicted octanol–water partition coefficient (Wildman–Crippen LogP) is -0.0415. The van der Waals surface area contributed by atoms with Crippen LogP contribution in [0.1, 0.15) is 10.6 Å². The molecule has 1 aliphatic heterocycles. The van der Waals surface area contributed by atoms with Crippen LogP contribution in [0.4, 0.5) is 5.69 Å². The fraction of sp³-hybridized carbons (Fsp3) is 0.231. The molecular weight excluding hydrogens is 274 g/mol. The van der Waals surface area contributed by atoms with E-state index >= 15 is 0 Å². The maximum atomic E-state index is 12.4. The maximum Gasteiger partial charge on any atom is 0.289 e. The third kappa shape index (κ3) is 2.42. The third-order valence-corrected chi connectivity index (χ3v) is 3.20. The van der Waals surface area contributed by atoms with Crippen LogP contribution in [0.15, 0.2) is 30.6 Å². The standard InChI is InChI=1S/C13H13N5O3/c1-18-9-4-2-3-5-10(9)21-6-8(13(18)20)16-12(19)11-14-7-15-17-11/h2-5,7-8H,6H2,1H3,(H,16,19)(H,14,15,17)/t8-/m0/s1. The molecule has 0 saturated carbocycles. The van der Waals surface area contributed by atoms with Crippen molar-refractivity contribution in [3.8, 4) is 5.75 Å². The number of hydrogen-bond acceptors (Lipinski definition) is 5. The zero-order valence-corrected chi connectivity index (χ0v) is 11.2. The number of carbonyl (C=O) groups excluding carboxylic acids is 2. The molecule has 1 aliphatic rings. The molecule has 2 aromatic rings. The quantitative estimate of drug-likeness (QED) is 0.807. The monoisotopic (exact) mass is 287 g/mol. The number of fused-ring (bicyclic) bond motifs is 1. The smallest absolute Gasteiger partial charge is 0.289 e. The number of ether oxygens (including phenoxy) is 1. The van der Waals surface area contributed by atoms with Gasteiger partial charge in [-0.05, 0) is 12.1 Å². The lowest BCUT2D eigenvalue weighted by Crippen LogP contribution is -2.49. The molecule has 0 unspecified atom stereocenters. The van der Waals surface area contributed by atoms with Gasteiger partial charge in [0.15, 0.2) is 0 Å². The minimum absolute atomic E-state index is 0.0483. The first-order chi connectivity index (χ1) is 10.2. The predicted molar refractivity (Wildman–Crippen MR) is 73.0 cm³/mol. The first-order valence-corrected chi connectivity index (χ1v) is 6.33. The third-order valence-electron chi connectivity index (χ3n) is 3.20. The van der Waals surface area contributed by atoms with E-state index in [0.717, 1.165) is 0 Å². The Hall–Kier alpha value is -2.90. The molecule has 0 aliphatic carbocycles. The van der Waals surface area contributed by atoms with Crippen molar-refractivity contribution in [1.82, 2.24) is 20.5 Å². The van der Waals surface area contributed by atoms with Gasteiger partial charge in [-0.25, -0.2) is 0 Å². The number of H-pyrrole nitrogens is 1. The Morgan fingerprint density at radius 3 is 3.05 bits per heavy atom. The number of rotatable bonds is 2. The van der Waals surface area contributed by atoms with Crippen LogP contribution in [-0.4, -0.2) is 46.7 Å². The SMILES string of the molecule is CN1C(=O)[C@@H](NC(=O)c2nnc[nH]2)COc2ccccc21. The Morgan fingerprint density at radius 2 is 2.29 bits per heavy atom. The minimum atomic E-state index is -0.792. The topological polar surface area (TPSA) is 100 Å². The van der Waals surface area contributed by atoms with Crippen LogP contribution < -0.4 is 15.0 Å². The molecule has 2 heterocycles. The molecule has 0 saturated heterocycles. The average molecular weight is 287 g/mol. The van der Waals surface area contributed by atoms with E-state index in [1.54, 1.807) is 19.2 Å². The van der Waals surface area contributed by atoms with E-state index in [2.05, 4.69) is 20.5 Å². The first kappa shape index (κ1) is 13.1. The summed E-state index contributed by atoms with van der Waals surface area (Å²) in [5.41, 5.74) is 0.666. The molecule has 2 amide bonds. The molecule has 0 radical (unpaired) electrons. The molecule has 8 nitrogen and oxygen atoms in total. The minimum Gasteiger partial charge on any atom is -0.489 e. The summed E-state index contributed by atoms with van der Waals surface area (Å²) in [5.74, 6) is -0.112. The molecule has 1 aromatic heterocycles. The molecule has 0 spiro atoms. The molecular formula is C13H13N5O3. The van der Waals surface area contributed by atoms with E-state index in [1.165, 1.54) is 11.2 Å². The Labute approximate surface area is 120 Å². The molecule has 108 valence electrons. The van der Waals surface area contributed by atoms with Crippen molar-refractivity contribution in [2.24, 2.45) is 0 Å². The lowest BCUT2D eigenvalue weighted by atomic mass is 10.2. The summed E-state index contributed by atoms with van der Waals surface area (Å²) in [6.07, 6.45) is 1.29. The van der Waals surface area contributed by atoms with Crippen LogP contribution in [0.5, 0.6) is 5.75 Å². The molecule has 8 heteroatoms. The Bertz CT molecular complexity index is 670. The van der Waals surface area contributed by atoms with Crippen LogP contribution in [0.2, 0.25) is 0 Å². The number of hydrogen-bond donors (Lipinski definition) is 2. The highest BCUT2D eigenvalue weighted by atomic mass is 16.5. The van der Waals surface area contributed by atoms with Crippen LogP contribution in [-0.2, 0) is 4.79 Å². The van der Waals surface area contributed by atoms with Gasteiger partial charge >= 0.3 is 0 Å². The van der Waals surface area contributed by atoms with Gasteiger partial charge in [0.05, 0.1) is 5.69 Å². The average Bonchev–Trinajstić information content (AvgIpc) is 3.01. The van der Waals surface area contributed by atoms with E-state index in [0.29, 0.717) is 11.4 Å². The highest BCUT2D eigenvalue weighted by molar-refractivity contribution is 6.02. The molecule has 21 heavy (non-hydrogen) atoms. The number of carbonyl (C=O) groups is 2. The van der Waals surface area contributed by atoms with Gasteiger partial charge in [-0.15, -0.1) is 10.2 Å². The maximum absolute atomic E-state index is 12.4. The second kappa shape index (κ2) is 5.23. The van der Waals surface area contributed by atoms with E-state index < -0.39 is 11.9 Å². The van der Waals surface area contributed by atoms with Crippen molar-refractivity contribution in [2.45, 2.75) is 6.04 Å². The summed E-state index contributed by atoms with van der Waals surface area (Å²) in [7, 11) is 1.64. The van der Waals surface area contributed by atoms with E-state index in [9.17, 15) is 9.59 Å². The fourth-order valence-corrected chi connectivity index (χ4v) is 2.10. The number of likely N-dealkylation sites (N-methyl/N-ethyl adjacent to an activating group) is 1. The van der Waals surface area contributed by atoms with Crippen molar-refractivity contribution < 1.29 is 14.3 Å². The van der Waals surface area contributed by atoms with Crippen molar-refractivity contribution in [3.63, 3.8) is 0 Å². The normalized spacial score (nSPS) is 17.7. The van der Waals surface area contributed by atoms with Crippen LogP contribution >= 0.6 is 0 Å². The molecule has 0 fully saturated rings. The van der Waals surface area contributed by atoms with E-state index in [-0.39, 0.29) is 18.3 Å². The van der Waals surface area contributed by atoms with Crippen LogP contribution in [0.3, 0.4) is 0 Å². The van der Waals surface area contributed by atoms with Gasteiger partial charge in [-0.3, -0.25) is 9.59 Å². The fourth-order valence-electron chi connectivity index (χ4n) is 2.10. The second-order valence-corrected chi connectivity index (χ2v) is 4.54. The summed E-state index contributed by atoms with van der Waals surface area (Å²) < 4.78 is 5.60. The van der Waals surface area contributed by atoms with Crippen molar-refractivity contribution in [2.75, 3.05) is 18.6 Å². The number of aromatic nitrogens is 3. The zero-order chi connectivity index (χ0) is 14.8. The van der Waals surface area contributed by atoms with Crippen molar-refractivity contribution in [3.05, 3.63) is 36.4 Å². The highest BCUT2D eigenvalue weighted by Crippen LogP contribution is 2.29. The molecule has 0 bridgehead atoms. The zero-order valence-electron chi connectivity index (χ0n) is 11.2. The first-order valence-electron chi connectivity index (χ1n) is 6.33. The van der Waals surface area contributed by atoms with Crippen molar-refractivity contribution in [1.29, 1.82) is 0 Å². The highest BCUT2D eigenvalue weighted by Gasteiger charge is 2.30. The summed E-state index contributed by atoms with van der Waals surface area (Å²) >= 11 is 0. The molecule has 3 rings (SSSR count). The van der Waals surface area contributed by atoms with Gasteiger partial charge in [-0.2, -0.15) is 0 Å². The van der Waals surface area contributed by atoms with Crippen LogP contribution in [0.25, 0.3) is 0 Å². The van der Waals surface area contributed by atoms with E-state index in [4.69, 9.17) is 4.74 Å². The van der Waals surface area contributed by atoms with Crippen molar-refractivity contribution >= 4 is 17.5 Å². The lowest BCUT2D eigenvalue weighted by Gasteiger charge is -2.19. The van der Waals surface area contributed by atoms with Gasteiger partial charge in [0.25, 0.3) is 11.8 Å². The Balaban J connectivity index is 1.80. The second-order valence-electron chi connectivity index (χ2n) is 4.54. The van der Waals surface area contributed by atoms with Crippen LogP contribution in [0, 0.1) is 0 Å². The Kier molecular flexibility index (Phi) is 3.27. The largest absolute Gasteiger partial charge is 0.489 e. The number of amides is 2. The van der Waals surface area contributed by atoms with Gasteiger partial charge in [-0.1, -0.05) is 12.1 Å². The molecule has 2 N–H and O–H groups in total. The number of para-hydroxylation sites is 2. The number of nitrogens with zero attached hydrogens (tertiary/aromatic N) is 3. The number of anilines is 1.